The minimum absolute atomic E-state index is 0.143. The normalized spacial score (nSPS) is 10.9. The zero-order chi connectivity index (χ0) is 15.4. The van der Waals surface area contributed by atoms with Crippen molar-refractivity contribution in [1.29, 1.82) is 0 Å². The van der Waals surface area contributed by atoms with Crippen LogP contribution in [0.15, 0.2) is 35.2 Å². The summed E-state index contributed by atoms with van der Waals surface area (Å²) in [6.07, 6.45) is 0. The summed E-state index contributed by atoms with van der Waals surface area (Å²) in [5, 5.41) is 0.541. The average Bonchev–Trinajstić information content (AvgIpc) is 2.83. The fourth-order valence-corrected chi connectivity index (χ4v) is 2.56. The Morgan fingerprint density at radius 1 is 1.38 bits per heavy atom. The van der Waals surface area contributed by atoms with Gasteiger partial charge in [-0.3, -0.25) is 0 Å². The summed E-state index contributed by atoms with van der Waals surface area (Å²) in [6.45, 7) is 1.89. The zero-order valence-electron chi connectivity index (χ0n) is 11.0. The second-order valence-corrected chi connectivity index (χ2v) is 5.50. The van der Waals surface area contributed by atoms with E-state index < -0.39 is 11.7 Å². The van der Waals surface area contributed by atoms with Gasteiger partial charge in [0, 0.05) is 9.92 Å². The molecule has 0 spiro atoms. The first kappa shape index (κ1) is 15.9. The lowest BCUT2D eigenvalue weighted by atomic mass is 10.2. The van der Waals surface area contributed by atoms with Gasteiger partial charge >= 0.3 is 5.97 Å². The standard InChI is InChI=1S/C14H12ClF2NO2S/c1-2-20-13(19)10-7-11(21-14(16)17)12(18-10)8-3-5-9(15)6-4-8/h3-7,14,18H,2H2,1H3. The Labute approximate surface area is 129 Å². The molecule has 0 unspecified atom stereocenters. The van der Waals surface area contributed by atoms with Gasteiger partial charge in [-0.05, 0) is 30.7 Å². The largest absolute Gasteiger partial charge is 0.461 e. The third-order valence-corrected chi connectivity index (χ3v) is 3.63. The molecule has 7 heteroatoms. The van der Waals surface area contributed by atoms with Gasteiger partial charge in [-0.2, -0.15) is 8.78 Å². The first-order chi connectivity index (χ1) is 10.0. The van der Waals surface area contributed by atoms with Gasteiger partial charge in [0.15, 0.2) is 0 Å². The van der Waals surface area contributed by atoms with Crippen molar-refractivity contribution in [3.63, 3.8) is 0 Å². The van der Waals surface area contributed by atoms with Gasteiger partial charge in [0.05, 0.1) is 12.3 Å². The molecular weight excluding hydrogens is 320 g/mol. The highest BCUT2D eigenvalue weighted by molar-refractivity contribution is 7.99. The van der Waals surface area contributed by atoms with Crippen LogP contribution in [0.2, 0.25) is 5.02 Å². The maximum Gasteiger partial charge on any atom is 0.354 e. The Kier molecular flexibility index (Phi) is 5.25. The molecule has 1 aromatic heterocycles. The van der Waals surface area contributed by atoms with E-state index in [-0.39, 0.29) is 17.2 Å². The van der Waals surface area contributed by atoms with Crippen molar-refractivity contribution in [3.05, 3.63) is 41.0 Å². The molecule has 0 bridgehead atoms. The minimum atomic E-state index is -2.58. The lowest BCUT2D eigenvalue weighted by Gasteiger charge is -2.03. The topological polar surface area (TPSA) is 42.1 Å². The van der Waals surface area contributed by atoms with E-state index in [4.69, 9.17) is 16.3 Å². The number of carbonyl (C=O) groups is 1. The summed E-state index contributed by atoms with van der Waals surface area (Å²) in [5.74, 6) is -3.16. The Morgan fingerprint density at radius 2 is 2.05 bits per heavy atom. The number of esters is 1. The third-order valence-electron chi connectivity index (χ3n) is 2.63. The summed E-state index contributed by atoms with van der Waals surface area (Å²) in [4.78, 5) is 14.8. The van der Waals surface area contributed by atoms with Crippen LogP contribution in [0.1, 0.15) is 17.4 Å². The van der Waals surface area contributed by atoms with E-state index in [9.17, 15) is 13.6 Å². The van der Waals surface area contributed by atoms with Crippen molar-refractivity contribution in [2.24, 2.45) is 0 Å². The Bertz CT molecular complexity index is 628. The third kappa shape index (κ3) is 3.98. The predicted octanol–water partition coefficient (Wildman–Crippen LogP) is 4.83. The van der Waals surface area contributed by atoms with Gasteiger partial charge in [0.25, 0.3) is 5.76 Å². The van der Waals surface area contributed by atoms with Gasteiger partial charge in [0.2, 0.25) is 0 Å². The van der Waals surface area contributed by atoms with Gasteiger partial charge in [0.1, 0.15) is 5.69 Å². The number of H-pyrrole nitrogens is 1. The summed E-state index contributed by atoms with van der Waals surface area (Å²) in [5.41, 5.74) is 1.25. The fourth-order valence-electron chi connectivity index (χ4n) is 1.77. The molecule has 0 aliphatic carbocycles. The smallest absolute Gasteiger partial charge is 0.354 e. The number of thioether (sulfide) groups is 1. The molecule has 0 fully saturated rings. The number of nitrogens with one attached hydrogen (secondary N) is 1. The van der Waals surface area contributed by atoms with Gasteiger partial charge < -0.3 is 9.72 Å². The number of hydrogen-bond donors (Lipinski definition) is 1. The zero-order valence-corrected chi connectivity index (χ0v) is 12.6. The molecule has 2 rings (SSSR count). The molecule has 21 heavy (non-hydrogen) atoms. The van der Waals surface area contributed by atoms with E-state index in [1.54, 1.807) is 31.2 Å². The second-order valence-electron chi connectivity index (χ2n) is 4.03. The quantitative estimate of drug-likeness (QED) is 0.630. The van der Waals surface area contributed by atoms with E-state index in [1.807, 2.05) is 0 Å². The number of benzene rings is 1. The Morgan fingerprint density at radius 3 is 2.62 bits per heavy atom. The Balaban J connectivity index is 2.41. The molecule has 1 heterocycles. The molecule has 2 aromatic rings. The maximum atomic E-state index is 12.7. The molecule has 112 valence electrons. The molecule has 0 aliphatic heterocycles. The molecule has 0 radical (unpaired) electrons. The van der Waals surface area contributed by atoms with Gasteiger partial charge in [-0.1, -0.05) is 35.5 Å². The number of alkyl halides is 2. The minimum Gasteiger partial charge on any atom is -0.461 e. The molecule has 0 aliphatic rings. The number of rotatable bonds is 5. The van der Waals surface area contributed by atoms with E-state index in [2.05, 4.69) is 4.98 Å². The molecule has 0 saturated heterocycles. The van der Waals surface area contributed by atoms with Crippen LogP contribution in [0.5, 0.6) is 0 Å². The van der Waals surface area contributed by atoms with Crippen LogP contribution in [-0.2, 0) is 4.74 Å². The van der Waals surface area contributed by atoms with E-state index in [0.29, 0.717) is 28.0 Å². The molecule has 1 N–H and O–H groups in total. The number of hydrogen-bond acceptors (Lipinski definition) is 3. The summed E-state index contributed by atoms with van der Waals surface area (Å²) < 4.78 is 30.2. The molecule has 0 amide bonds. The lowest BCUT2D eigenvalue weighted by Crippen LogP contribution is -2.04. The highest BCUT2D eigenvalue weighted by atomic mass is 35.5. The summed E-state index contributed by atoms with van der Waals surface area (Å²) in [6, 6.07) is 8.06. The van der Waals surface area contributed by atoms with Crippen molar-refractivity contribution in [2.45, 2.75) is 17.6 Å². The fraction of sp³-hybridized carbons (Fsp3) is 0.214. The van der Waals surface area contributed by atoms with Crippen molar-refractivity contribution in [3.8, 4) is 11.3 Å². The average molecular weight is 332 g/mol. The van der Waals surface area contributed by atoms with E-state index >= 15 is 0 Å². The monoisotopic (exact) mass is 331 g/mol. The number of carbonyl (C=O) groups excluding carboxylic acids is 1. The maximum absolute atomic E-state index is 12.7. The van der Waals surface area contributed by atoms with Crippen LogP contribution in [-0.4, -0.2) is 23.3 Å². The predicted molar refractivity (Wildman–Crippen MR) is 79.1 cm³/mol. The summed E-state index contributed by atoms with van der Waals surface area (Å²) >= 11 is 6.19. The molecule has 0 saturated carbocycles. The SMILES string of the molecule is CCOC(=O)c1cc(SC(F)F)c(-c2ccc(Cl)cc2)[nH]1. The van der Waals surface area contributed by atoms with Crippen LogP contribution in [0.4, 0.5) is 8.78 Å². The molecule has 3 nitrogen and oxygen atoms in total. The van der Waals surface area contributed by atoms with Crippen LogP contribution in [0.25, 0.3) is 11.3 Å². The lowest BCUT2D eigenvalue weighted by molar-refractivity contribution is 0.0520. The molecule has 1 aromatic carbocycles. The van der Waals surface area contributed by atoms with Crippen molar-refractivity contribution in [1.82, 2.24) is 4.98 Å². The van der Waals surface area contributed by atoms with Crippen molar-refractivity contribution in [2.75, 3.05) is 6.61 Å². The first-order valence-electron chi connectivity index (χ1n) is 6.12. The van der Waals surface area contributed by atoms with Crippen molar-refractivity contribution >= 4 is 29.3 Å². The first-order valence-corrected chi connectivity index (χ1v) is 7.38. The van der Waals surface area contributed by atoms with E-state index in [0.717, 1.165) is 0 Å². The van der Waals surface area contributed by atoms with Crippen LogP contribution < -0.4 is 0 Å². The summed E-state index contributed by atoms with van der Waals surface area (Å²) in [7, 11) is 0. The van der Waals surface area contributed by atoms with Crippen LogP contribution in [0, 0.1) is 0 Å². The molecular formula is C14H12ClF2NO2S. The number of ether oxygens (including phenoxy) is 1. The van der Waals surface area contributed by atoms with Gasteiger partial charge in [-0.25, -0.2) is 4.79 Å². The van der Waals surface area contributed by atoms with E-state index in [1.165, 1.54) is 6.07 Å². The highest BCUT2D eigenvalue weighted by Gasteiger charge is 2.19. The van der Waals surface area contributed by atoms with Crippen LogP contribution in [0.3, 0.4) is 0 Å². The number of aromatic amines is 1. The Hall–Kier alpha value is -1.53. The van der Waals surface area contributed by atoms with Crippen LogP contribution >= 0.6 is 23.4 Å². The molecule has 0 atom stereocenters. The number of aromatic nitrogens is 1. The van der Waals surface area contributed by atoms with Gasteiger partial charge in [-0.15, -0.1) is 0 Å². The second kappa shape index (κ2) is 6.95. The number of halogens is 3. The van der Waals surface area contributed by atoms with Crippen molar-refractivity contribution < 1.29 is 18.3 Å². The highest BCUT2D eigenvalue weighted by Crippen LogP contribution is 2.35.